The van der Waals surface area contributed by atoms with Crippen LogP contribution in [0.1, 0.15) is 58.3 Å². The third-order valence-electron chi connectivity index (χ3n) is 4.87. The zero-order valence-corrected chi connectivity index (χ0v) is 13.8. The molecule has 1 fully saturated rings. The second kappa shape index (κ2) is 5.17. The van der Waals surface area contributed by atoms with Crippen LogP contribution in [0.5, 0.6) is 5.75 Å². The topological polar surface area (TPSA) is 18.5 Å². The zero-order valence-electron chi connectivity index (χ0n) is 13.8. The van der Waals surface area contributed by atoms with Gasteiger partial charge in [-0.05, 0) is 49.0 Å². The van der Waals surface area contributed by atoms with E-state index in [0.717, 1.165) is 18.8 Å². The molecule has 2 aliphatic heterocycles. The van der Waals surface area contributed by atoms with E-state index in [0.29, 0.717) is 5.92 Å². The molecule has 1 aromatic carbocycles. The van der Waals surface area contributed by atoms with Crippen LogP contribution in [0.15, 0.2) is 29.8 Å². The number of allylic oxidation sites excluding steroid dienone is 1. The SMILES string of the molecule is C/C=C(\C)[C@H]1Oc2ccc(C(C)(C)C)cc2[C@H]2OCC[C@H]12. The molecule has 21 heavy (non-hydrogen) atoms. The Morgan fingerprint density at radius 3 is 2.71 bits per heavy atom. The summed E-state index contributed by atoms with van der Waals surface area (Å²) in [4.78, 5) is 0. The Morgan fingerprint density at radius 1 is 1.29 bits per heavy atom. The lowest BCUT2D eigenvalue weighted by Crippen LogP contribution is -2.35. The van der Waals surface area contributed by atoms with Gasteiger partial charge in [0.1, 0.15) is 11.9 Å². The molecule has 3 rings (SSSR count). The minimum absolute atomic E-state index is 0.152. The molecule has 1 aromatic rings. The van der Waals surface area contributed by atoms with E-state index in [-0.39, 0.29) is 17.6 Å². The van der Waals surface area contributed by atoms with Crippen LogP contribution in [0.4, 0.5) is 0 Å². The van der Waals surface area contributed by atoms with Gasteiger partial charge in [0.15, 0.2) is 0 Å². The molecular weight excluding hydrogens is 260 g/mol. The van der Waals surface area contributed by atoms with Crippen molar-refractivity contribution >= 4 is 0 Å². The molecule has 1 saturated heterocycles. The van der Waals surface area contributed by atoms with E-state index in [1.165, 1.54) is 16.7 Å². The maximum absolute atomic E-state index is 6.32. The van der Waals surface area contributed by atoms with E-state index in [4.69, 9.17) is 9.47 Å². The number of fused-ring (bicyclic) bond motifs is 3. The molecular formula is C19H26O2. The lowest BCUT2D eigenvalue weighted by atomic mass is 9.80. The third-order valence-corrected chi connectivity index (χ3v) is 4.87. The maximum atomic E-state index is 6.32. The average Bonchev–Trinajstić information content (AvgIpc) is 2.93. The van der Waals surface area contributed by atoms with Crippen molar-refractivity contribution in [2.45, 2.75) is 58.7 Å². The summed E-state index contributed by atoms with van der Waals surface area (Å²) in [6.45, 7) is 11.8. The Bertz CT molecular complexity index is 565. The van der Waals surface area contributed by atoms with Crippen molar-refractivity contribution < 1.29 is 9.47 Å². The Labute approximate surface area is 128 Å². The zero-order chi connectivity index (χ0) is 15.2. The van der Waals surface area contributed by atoms with Gasteiger partial charge in [0, 0.05) is 18.1 Å². The standard InChI is InChI=1S/C19H26O2/c1-6-12(2)17-14-9-10-20-18(14)15-11-13(19(3,4)5)7-8-16(15)21-17/h6-8,11,14,17-18H,9-10H2,1-5H3/b12-6+/t14-,17-,18+/m1/s1. The van der Waals surface area contributed by atoms with Crippen LogP contribution in [0.25, 0.3) is 0 Å². The highest BCUT2D eigenvalue weighted by Crippen LogP contribution is 2.48. The number of ether oxygens (including phenoxy) is 2. The largest absolute Gasteiger partial charge is 0.485 e. The summed E-state index contributed by atoms with van der Waals surface area (Å²) in [5.41, 5.74) is 4.05. The molecule has 3 atom stereocenters. The molecule has 2 heterocycles. The van der Waals surface area contributed by atoms with Crippen molar-refractivity contribution in [3.63, 3.8) is 0 Å². The van der Waals surface area contributed by atoms with Crippen LogP contribution in [0.3, 0.4) is 0 Å². The van der Waals surface area contributed by atoms with E-state index in [1.807, 2.05) is 0 Å². The Hall–Kier alpha value is -1.28. The first-order chi connectivity index (χ1) is 9.91. The van der Waals surface area contributed by atoms with Crippen molar-refractivity contribution in [3.05, 3.63) is 41.0 Å². The number of benzene rings is 1. The van der Waals surface area contributed by atoms with Gasteiger partial charge in [-0.2, -0.15) is 0 Å². The molecule has 114 valence electrons. The highest BCUT2D eigenvalue weighted by molar-refractivity contribution is 5.44. The smallest absolute Gasteiger partial charge is 0.126 e. The minimum Gasteiger partial charge on any atom is -0.485 e. The summed E-state index contributed by atoms with van der Waals surface area (Å²) in [6, 6.07) is 6.61. The lowest BCUT2D eigenvalue weighted by Gasteiger charge is -2.36. The third kappa shape index (κ3) is 2.50. The highest BCUT2D eigenvalue weighted by Gasteiger charge is 2.43. The van der Waals surface area contributed by atoms with E-state index >= 15 is 0 Å². The molecule has 0 aromatic heterocycles. The molecule has 0 bridgehead atoms. The fourth-order valence-electron chi connectivity index (χ4n) is 3.40. The van der Waals surface area contributed by atoms with Crippen molar-refractivity contribution in [1.29, 1.82) is 0 Å². The van der Waals surface area contributed by atoms with Crippen molar-refractivity contribution in [2.24, 2.45) is 5.92 Å². The lowest BCUT2D eigenvalue weighted by molar-refractivity contribution is 0.0323. The van der Waals surface area contributed by atoms with Gasteiger partial charge in [-0.1, -0.05) is 32.9 Å². The summed E-state index contributed by atoms with van der Waals surface area (Å²) in [6.07, 6.45) is 3.60. The highest BCUT2D eigenvalue weighted by atomic mass is 16.5. The molecule has 0 saturated carbocycles. The van der Waals surface area contributed by atoms with Crippen molar-refractivity contribution in [1.82, 2.24) is 0 Å². The number of hydrogen-bond donors (Lipinski definition) is 0. The summed E-state index contributed by atoms with van der Waals surface area (Å²) >= 11 is 0. The van der Waals surface area contributed by atoms with Gasteiger partial charge in [-0.15, -0.1) is 0 Å². The summed E-state index contributed by atoms with van der Waals surface area (Å²) in [5.74, 6) is 1.45. The van der Waals surface area contributed by atoms with Crippen molar-refractivity contribution in [2.75, 3.05) is 6.61 Å². The van der Waals surface area contributed by atoms with E-state index in [1.54, 1.807) is 0 Å². The summed E-state index contributed by atoms with van der Waals surface area (Å²) in [7, 11) is 0. The molecule has 0 aliphatic carbocycles. The Balaban J connectivity index is 2.04. The Morgan fingerprint density at radius 2 is 2.05 bits per heavy atom. The first kappa shape index (κ1) is 14.6. The van der Waals surface area contributed by atoms with Gasteiger partial charge in [0.25, 0.3) is 0 Å². The first-order valence-corrected chi connectivity index (χ1v) is 7.97. The normalized spacial score (nSPS) is 28.8. The summed E-state index contributed by atoms with van der Waals surface area (Å²) in [5, 5.41) is 0. The molecule has 0 N–H and O–H groups in total. The van der Waals surface area contributed by atoms with Crippen LogP contribution in [0, 0.1) is 5.92 Å². The van der Waals surface area contributed by atoms with Crippen LogP contribution in [-0.2, 0) is 10.2 Å². The van der Waals surface area contributed by atoms with Gasteiger partial charge >= 0.3 is 0 Å². The van der Waals surface area contributed by atoms with Gasteiger partial charge in [-0.25, -0.2) is 0 Å². The van der Waals surface area contributed by atoms with E-state index < -0.39 is 0 Å². The fourth-order valence-corrected chi connectivity index (χ4v) is 3.40. The van der Waals surface area contributed by atoms with E-state index in [9.17, 15) is 0 Å². The molecule has 2 heteroatoms. The van der Waals surface area contributed by atoms with Crippen LogP contribution >= 0.6 is 0 Å². The summed E-state index contributed by atoms with van der Waals surface area (Å²) < 4.78 is 12.4. The first-order valence-electron chi connectivity index (χ1n) is 7.97. The predicted octanol–water partition coefficient (Wildman–Crippen LogP) is 4.79. The average molecular weight is 286 g/mol. The second-order valence-corrected chi connectivity index (χ2v) is 7.32. The van der Waals surface area contributed by atoms with Crippen LogP contribution in [0.2, 0.25) is 0 Å². The Kier molecular flexibility index (Phi) is 3.61. The van der Waals surface area contributed by atoms with Gasteiger partial charge < -0.3 is 9.47 Å². The monoisotopic (exact) mass is 286 g/mol. The van der Waals surface area contributed by atoms with Gasteiger partial charge in [0.2, 0.25) is 0 Å². The number of hydrogen-bond acceptors (Lipinski definition) is 2. The second-order valence-electron chi connectivity index (χ2n) is 7.32. The molecule has 0 radical (unpaired) electrons. The fraction of sp³-hybridized carbons (Fsp3) is 0.579. The minimum atomic E-state index is 0.152. The van der Waals surface area contributed by atoms with Gasteiger partial charge in [0.05, 0.1) is 6.10 Å². The quantitative estimate of drug-likeness (QED) is 0.691. The molecule has 0 unspecified atom stereocenters. The van der Waals surface area contributed by atoms with Crippen LogP contribution in [-0.4, -0.2) is 12.7 Å². The molecule has 0 spiro atoms. The van der Waals surface area contributed by atoms with E-state index in [2.05, 4.69) is 58.9 Å². The predicted molar refractivity (Wildman–Crippen MR) is 85.8 cm³/mol. The molecule has 2 aliphatic rings. The van der Waals surface area contributed by atoms with Gasteiger partial charge in [-0.3, -0.25) is 0 Å². The molecule has 0 amide bonds. The van der Waals surface area contributed by atoms with Crippen LogP contribution < -0.4 is 4.74 Å². The number of rotatable bonds is 1. The van der Waals surface area contributed by atoms with Crippen molar-refractivity contribution in [3.8, 4) is 5.75 Å². The molecule has 2 nitrogen and oxygen atoms in total. The maximum Gasteiger partial charge on any atom is 0.126 e.